The van der Waals surface area contributed by atoms with Crippen LogP contribution in [-0.2, 0) is 85.7 Å². The first-order chi connectivity index (χ1) is 23.1. The minimum atomic E-state index is -2.45. The Kier molecular flexibility index (Phi) is 15.9. The van der Waals surface area contributed by atoms with Gasteiger partial charge < -0.3 is 52.1 Å². The van der Waals surface area contributed by atoms with Crippen molar-refractivity contribution in [2.75, 3.05) is 13.2 Å². The molecule has 2 saturated heterocycles. The molecule has 2 rings (SSSR count). The van der Waals surface area contributed by atoms with Crippen molar-refractivity contribution in [2.45, 2.75) is 114 Å². The van der Waals surface area contributed by atoms with Gasteiger partial charge in [0.2, 0.25) is 18.3 Å². The van der Waals surface area contributed by atoms with Gasteiger partial charge in [0, 0.05) is 48.5 Å². The van der Waals surface area contributed by atoms with Gasteiger partial charge in [0.15, 0.2) is 30.7 Å². The van der Waals surface area contributed by atoms with E-state index < -0.39 is 126 Å². The summed E-state index contributed by atoms with van der Waals surface area (Å²) in [4.78, 5) is 84.9. The van der Waals surface area contributed by atoms with E-state index in [1.54, 1.807) is 0 Å². The van der Waals surface area contributed by atoms with Gasteiger partial charge in [-0.2, -0.15) is 0 Å². The zero-order valence-corrected chi connectivity index (χ0v) is 29.9. The van der Waals surface area contributed by atoms with Gasteiger partial charge in [-0.15, -0.1) is 0 Å². The highest BCUT2D eigenvalue weighted by molar-refractivity contribution is 6.76. The minimum absolute atomic E-state index is 0.617. The predicted molar refractivity (Wildman–Crippen MR) is 162 cm³/mol. The Morgan fingerprint density at radius 2 is 0.840 bits per heavy atom. The molecule has 0 bridgehead atoms. The molecule has 282 valence electrons. The lowest BCUT2D eigenvalue weighted by Crippen LogP contribution is -2.67. The van der Waals surface area contributed by atoms with Crippen LogP contribution in [0.15, 0.2) is 0 Å². The molecular formula is C28H36Cl3NO18. The Hall–Kier alpha value is -3.49. The van der Waals surface area contributed by atoms with E-state index in [1.807, 2.05) is 0 Å². The smallest absolute Gasteiger partial charge is 0.303 e. The number of nitrogens with one attached hydrogen (secondary N) is 1. The van der Waals surface area contributed by atoms with E-state index >= 15 is 0 Å². The van der Waals surface area contributed by atoms with Gasteiger partial charge in [-0.3, -0.25) is 39.0 Å². The molecular weight excluding hydrogens is 745 g/mol. The third-order valence-electron chi connectivity index (χ3n) is 6.38. The Morgan fingerprint density at radius 1 is 0.500 bits per heavy atom. The molecule has 1 unspecified atom stereocenters. The van der Waals surface area contributed by atoms with Crippen LogP contribution >= 0.6 is 34.8 Å². The number of hydrogen-bond donors (Lipinski definition) is 1. The molecule has 0 saturated carbocycles. The second-order valence-electron chi connectivity index (χ2n) is 10.6. The van der Waals surface area contributed by atoms with Crippen molar-refractivity contribution < 1.29 is 85.7 Å². The molecule has 0 spiro atoms. The summed E-state index contributed by atoms with van der Waals surface area (Å²) in [6.45, 7) is 5.79. The summed E-state index contributed by atoms with van der Waals surface area (Å²) >= 11 is 17.3. The number of carbonyl (C=O) groups excluding carboxylic acids is 7. The Morgan fingerprint density at radius 3 is 1.24 bits per heavy atom. The van der Waals surface area contributed by atoms with Crippen LogP contribution in [0.25, 0.3) is 0 Å². The maximum atomic E-state index is 12.4. The second-order valence-corrected chi connectivity index (χ2v) is 12.9. The lowest BCUT2D eigenvalue weighted by Gasteiger charge is -2.48. The summed E-state index contributed by atoms with van der Waals surface area (Å²) in [5.41, 5.74) is 0. The average Bonchev–Trinajstić information content (AvgIpc) is 2.95. The van der Waals surface area contributed by atoms with Crippen LogP contribution in [-0.4, -0.2) is 126 Å². The molecule has 1 N–H and O–H groups in total. The summed E-state index contributed by atoms with van der Waals surface area (Å²) in [6, 6.07) is 0. The highest BCUT2D eigenvalue weighted by atomic mass is 35.6. The second kappa shape index (κ2) is 18.7. The van der Waals surface area contributed by atoms with Crippen molar-refractivity contribution in [3.05, 3.63) is 0 Å². The molecule has 10 atom stereocenters. The van der Waals surface area contributed by atoms with E-state index in [2.05, 4.69) is 0 Å². The molecule has 22 heteroatoms. The third-order valence-corrected chi connectivity index (χ3v) is 6.89. The van der Waals surface area contributed by atoms with Gasteiger partial charge in [0.25, 0.3) is 3.79 Å². The Bertz CT molecular complexity index is 1310. The maximum Gasteiger partial charge on any atom is 0.303 e. The Labute approximate surface area is 300 Å². The number of halogens is 3. The molecule has 0 amide bonds. The van der Waals surface area contributed by atoms with Crippen LogP contribution in [0.3, 0.4) is 0 Å². The van der Waals surface area contributed by atoms with Crippen molar-refractivity contribution >= 4 is 82.5 Å². The SMILES string of the molecule is CC(=O)OC[C@H]1O[C@@H](O[C@H]2[C@H](OC(C)=O)[C@@H](OC(C)=O)C(OC(=N)C(Cl)(Cl)Cl)O[C@@H]2COC(C)=O)[C@H](OC(C)=O)[C@@H](OC(C)=O)[C@@H]1OC(C)=O. The van der Waals surface area contributed by atoms with Crippen LogP contribution in [0, 0.1) is 5.41 Å². The fourth-order valence-electron chi connectivity index (χ4n) is 4.75. The summed E-state index contributed by atoms with van der Waals surface area (Å²) in [5.74, 6) is -7.37. The summed E-state index contributed by atoms with van der Waals surface area (Å²) in [5, 5.41) is 8.03. The Balaban J connectivity index is 2.77. The molecule has 19 nitrogen and oxygen atoms in total. The lowest BCUT2D eigenvalue weighted by atomic mass is 9.96. The fraction of sp³-hybridized carbons (Fsp3) is 0.714. The highest BCUT2D eigenvalue weighted by Crippen LogP contribution is 2.37. The molecule has 2 aliphatic rings. The zero-order valence-electron chi connectivity index (χ0n) is 27.7. The number of alkyl halides is 3. The molecule has 0 aliphatic carbocycles. The van der Waals surface area contributed by atoms with E-state index in [1.165, 1.54) is 0 Å². The summed E-state index contributed by atoms with van der Waals surface area (Å²) in [7, 11) is 0. The van der Waals surface area contributed by atoms with E-state index in [4.69, 9.17) is 92.3 Å². The van der Waals surface area contributed by atoms with Crippen molar-refractivity contribution in [1.29, 1.82) is 5.41 Å². The van der Waals surface area contributed by atoms with Gasteiger partial charge in [0.05, 0.1) is 0 Å². The quantitative estimate of drug-likeness (QED) is 0.0953. The monoisotopic (exact) mass is 779 g/mol. The van der Waals surface area contributed by atoms with E-state index in [0.29, 0.717) is 0 Å². The van der Waals surface area contributed by atoms with Crippen LogP contribution in [0.4, 0.5) is 0 Å². The first kappa shape index (κ1) is 42.7. The normalized spacial score (nSPS) is 29.3. The maximum absolute atomic E-state index is 12.4. The molecule has 0 aromatic heterocycles. The summed E-state index contributed by atoms with van der Waals surface area (Å²) in [6.07, 6.45) is -17.0. The number of hydrogen-bond acceptors (Lipinski definition) is 19. The highest BCUT2D eigenvalue weighted by Gasteiger charge is 2.58. The number of esters is 7. The van der Waals surface area contributed by atoms with Crippen LogP contribution in [0.2, 0.25) is 0 Å². The van der Waals surface area contributed by atoms with Gasteiger partial charge >= 0.3 is 41.8 Å². The molecule has 50 heavy (non-hydrogen) atoms. The molecule has 2 aliphatic heterocycles. The first-order valence-electron chi connectivity index (χ1n) is 14.5. The zero-order chi connectivity index (χ0) is 38.1. The number of rotatable bonds is 12. The van der Waals surface area contributed by atoms with Crippen LogP contribution in [0.1, 0.15) is 48.5 Å². The molecule has 0 radical (unpaired) electrons. The van der Waals surface area contributed by atoms with Crippen LogP contribution in [0.5, 0.6) is 0 Å². The molecule has 2 heterocycles. The number of carbonyl (C=O) groups is 7. The van der Waals surface area contributed by atoms with E-state index in [0.717, 1.165) is 48.5 Å². The van der Waals surface area contributed by atoms with Gasteiger partial charge in [-0.05, 0) is 0 Å². The minimum Gasteiger partial charge on any atom is -0.463 e. The van der Waals surface area contributed by atoms with E-state index in [9.17, 15) is 33.6 Å². The van der Waals surface area contributed by atoms with Crippen molar-refractivity contribution in [1.82, 2.24) is 0 Å². The first-order valence-corrected chi connectivity index (χ1v) is 15.7. The molecule has 0 aromatic carbocycles. The predicted octanol–water partition coefficient (Wildman–Crippen LogP) is 0.970. The fourth-order valence-corrected chi connectivity index (χ4v) is 4.88. The average molecular weight is 781 g/mol. The van der Waals surface area contributed by atoms with Gasteiger partial charge in [-0.1, -0.05) is 34.8 Å². The molecule has 2 fully saturated rings. The topological polar surface area (TPSA) is 245 Å². The van der Waals surface area contributed by atoms with Gasteiger partial charge in [0.1, 0.15) is 31.5 Å². The standard InChI is InChI=1S/C28H36Cl3NO18/c1-10(33)40-8-17-19(42-12(3)35)21(43-13(4)36)23(45-15(6)38)25(47-17)49-20-18(9-41-11(2)34)48-26(50-27(32)28(29,30)31)24(46-16(7)39)22(20)44-14(5)37/h17-26,32H,8-9H2,1-7H3/t17-,18-,19-,20-,21+,22+,23-,24-,25+,26?/m1/s1. The van der Waals surface area contributed by atoms with Crippen LogP contribution < -0.4 is 0 Å². The van der Waals surface area contributed by atoms with E-state index in [-0.39, 0.29) is 0 Å². The number of ether oxygens (including phenoxy) is 11. The third kappa shape index (κ3) is 13.0. The van der Waals surface area contributed by atoms with Crippen molar-refractivity contribution in [2.24, 2.45) is 0 Å². The largest absolute Gasteiger partial charge is 0.463 e. The summed E-state index contributed by atoms with van der Waals surface area (Å²) < 4.78 is 58.1. The van der Waals surface area contributed by atoms with Gasteiger partial charge in [-0.25, -0.2) is 0 Å². The van der Waals surface area contributed by atoms with Crippen molar-refractivity contribution in [3.63, 3.8) is 0 Å². The lowest BCUT2D eigenvalue weighted by molar-refractivity contribution is -0.355. The molecule has 0 aromatic rings. The van der Waals surface area contributed by atoms with Crippen molar-refractivity contribution in [3.8, 4) is 0 Å².